The van der Waals surface area contributed by atoms with Gasteiger partial charge < -0.3 is 13.9 Å². The molecule has 0 fully saturated rings. The highest BCUT2D eigenvalue weighted by atomic mass is 16.6. The van der Waals surface area contributed by atoms with Gasteiger partial charge in [-0.2, -0.15) is 0 Å². The monoisotopic (exact) mass is 340 g/mol. The Bertz CT molecular complexity index is 973. The molecule has 0 N–H and O–H groups in total. The molecule has 1 heterocycles. The van der Waals surface area contributed by atoms with Gasteiger partial charge in [-0.25, -0.2) is 9.59 Å². The summed E-state index contributed by atoms with van der Waals surface area (Å²) >= 11 is 0. The van der Waals surface area contributed by atoms with Crippen LogP contribution in [0, 0.1) is 0 Å². The molecule has 0 amide bonds. The lowest BCUT2D eigenvalue weighted by Gasteiger charge is -2.17. The molecule has 1 aromatic heterocycles. The van der Waals surface area contributed by atoms with Crippen molar-refractivity contribution in [2.45, 2.75) is 39.4 Å². The lowest BCUT2D eigenvalue weighted by atomic mass is 10.1. The Morgan fingerprint density at radius 1 is 1.08 bits per heavy atom. The zero-order valence-electron chi connectivity index (χ0n) is 14.4. The highest BCUT2D eigenvalue weighted by Gasteiger charge is 2.19. The van der Waals surface area contributed by atoms with Crippen molar-refractivity contribution >= 4 is 27.7 Å². The summed E-state index contributed by atoms with van der Waals surface area (Å²) in [4.78, 5) is 24.1. The normalized spacial score (nSPS) is 13.6. The SMILES string of the molecule is CCC(C)OC(=O)C(C)Oc1ccc2c(c1)oc(=O)c1ccccc12. The van der Waals surface area contributed by atoms with Crippen molar-refractivity contribution in [2.24, 2.45) is 0 Å². The number of carbonyl (C=O) groups excluding carboxylic acids is 1. The first-order valence-electron chi connectivity index (χ1n) is 8.32. The van der Waals surface area contributed by atoms with E-state index in [0.717, 1.165) is 17.2 Å². The van der Waals surface area contributed by atoms with Gasteiger partial charge in [0.25, 0.3) is 0 Å². The van der Waals surface area contributed by atoms with Gasteiger partial charge in [-0.05, 0) is 43.9 Å². The fourth-order valence-corrected chi connectivity index (χ4v) is 2.56. The number of benzene rings is 2. The second-order valence-electron chi connectivity index (χ2n) is 6.01. The minimum atomic E-state index is -0.751. The van der Waals surface area contributed by atoms with Gasteiger partial charge in [-0.3, -0.25) is 0 Å². The number of hydrogen-bond acceptors (Lipinski definition) is 5. The van der Waals surface area contributed by atoms with Crippen LogP contribution in [0.3, 0.4) is 0 Å². The lowest BCUT2D eigenvalue weighted by molar-refractivity contribution is -0.155. The zero-order valence-corrected chi connectivity index (χ0v) is 14.4. The second-order valence-corrected chi connectivity index (χ2v) is 6.01. The molecule has 130 valence electrons. The Morgan fingerprint density at radius 2 is 1.80 bits per heavy atom. The maximum Gasteiger partial charge on any atom is 0.347 e. The van der Waals surface area contributed by atoms with Gasteiger partial charge in [0, 0.05) is 11.5 Å². The molecule has 0 saturated heterocycles. The molecule has 0 aliphatic carbocycles. The molecule has 5 heteroatoms. The molecular weight excluding hydrogens is 320 g/mol. The van der Waals surface area contributed by atoms with Crippen LogP contribution in [0.2, 0.25) is 0 Å². The van der Waals surface area contributed by atoms with Gasteiger partial charge in [0.1, 0.15) is 11.3 Å². The van der Waals surface area contributed by atoms with Crippen molar-refractivity contribution in [3.63, 3.8) is 0 Å². The second kappa shape index (κ2) is 6.97. The molecule has 3 aromatic rings. The molecule has 3 rings (SSSR count). The first kappa shape index (κ1) is 17.0. The van der Waals surface area contributed by atoms with Gasteiger partial charge in [0.15, 0.2) is 6.10 Å². The van der Waals surface area contributed by atoms with E-state index in [9.17, 15) is 9.59 Å². The Balaban J connectivity index is 1.90. The van der Waals surface area contributed by atoms with E-state index in [4.69, 9.17) is 13.9 Å². The predicted octanol–water partition coefficient (Wildman–Crippen LogP) is 4.06. The fraction of sp³-hybridized carbons (Fsp3) is 0.300. The summed E-state index contributed by atoms with van der Waals surface area (Å²) in [5.41, 5.74) is 0.0215. The van der Waals surface area contributed by atoms with Crippen LogP contribution >= 0.6 is 0 Å². The molecule has 2 unspecified atom stereocenters. The van der Waals surface area contributed by atoms with E-state index in [0.29, 0.717) is 16.7 Å². The van der Waals surface area contributed by atoms with Gasteiger partial charge >= 0.3 is 11.6 Å². The number of fused-ring (bicyclic) bond motifs is 3. The van der Waals surface area contributed by atoms with Crippen molar-refractivity contribution in [1.29, 1.82) is 0 Å². The molecule has 0 bridgehead atoms. The largest absolute Gasteiger partial charge is 0.479 e. The van der Waals surface area contributed by atoms with Gasteiger partial charge in [0.05, 0.1) is 11.5 Å². The van der Waals surface area contributed by atoms with E-state index in [1.807, 2.05) is 32.0 Å². The van der Waals surface area contributed by atoms with Crippen molar-refractivity contribution in [3.8, 4) is 5.75 Å². The zero-order chi connectivity index (χ0) is 18.0. The van der Waals surface area contributed by atoms with Crippen LogP contribution in [0.25, 0.3) is 21.7 Å². The summed E-state index contributed by atoms with van der Waals surface area (Å²) in [7, 11) is 0. The standard InChI is InChI=1S/C20H20O5/c1-4-12(2)23-19(21)13(3)24-14-9-10-16-15-7-5-6-8-17(15)20(22)25-18(16)11-14/h5-13H,4H2,1-3H3. The van der Waals surface area contributed by atoms with Gasteiger partial charge in [-0.15, -0.1) is 0 Å². The molecule has 0 saturated carbocycles. The number of rotatable bonds is 5. The number of hydrogen-bond donors (Lipinski definition) is 0. The average molecular weight is 340 g/mol. The molecule has 25 heavy (non-hydrogen) atoms. The molecule has 2 atom stereocenters. The summed E-state index contributed by atoms with van der Waals surface area (Å²) < 4.78 is 16.3. The highest BCUT2D eigenvalue weighted by molar-refractivity contribution is 6.04. The molecule has 0 aliphatic heterocycles. The first-order valence-corrected chi connectivity index (χ1v) is 8.32. The number of ether oxygens (including phenoxy) is 2. The van der Waals surface area contributed by atoms with Crippen molar-refractivity contribution in [3.05, 3.63) is 52.9 Å². The van der Waals surface area contributed by atoms with Crippen LogP contribution in [0.1, 0.15) is 27.2 Å². The maximum atomic E-state index is 12.1. The quantitative estimate of drug-likeness (QED) is 0.398. The van der Waals surface area contributed by atoms with Crippen molar-refractivity contribution in [1.82, 2.24) is 0 Å². The van der Waals surface area contributed by atoms with Gasteiger partial charge in [-0.1, -0.05) is 25.1 Å². The van der Waals surface area contributed by atoms with E-state index >= 15 is 0 Å². The maximum absolute atomic E-state index is 12.1. The van der Waals surface area contributed by atoms with Crippen LogP contribution in [-0.4, -0.2) is 18.2 Å². The molecule has 2 aromatic carbocycles. The topological polar surface area (TPSA) is 65.7 Å². The summed E-state index contributed by atoms with van der Waals surface area (Å²) in [6.07, 6.45) is -0.162. The smallest absolute Gasteiger partial charge is 0.347 e. The summed E-state index contributed by atoms with van der Waals surface area (Å²) in [5.74, 6) is 0.0222. The molecule has 0 spiro atoms. The van der Waals surface area contributed by atoms with Crippen molar-refractivity contribution in [2.75, 3.05) is 0 Å². The predicted molar refractivity (Wildman–Crippen MR) is 95.9 cm³/mol. The highest BCUT2D eigenvalue weighted by Crippen LogP contribution is 2.26. The van der Waals surface area contributed by atoms with Crippen LogP contribution in [0.4, 0.5) is 0 Å². The molecule has 0 radical (unpaired) electrons. The summed E-state index contributed by atoms with van der Waals surface area (Å²) in [6.45, 7) is 5.41. The summed E-state index contributed by atoms with van der Waals surface area (Å²) in [5, 5.41) is 2.18. The molecular formula is C20H20O5. The third-order valence-corrected chi connectivity index (χ3v) is 4.13. The first-order chi connectivity index (χ1) is 12.0. The van der Waals surface area contributed by atoms with E-state index < -0.39 is 17.7 Å². The Hall–Kier alpha value is -2.82. The van der Waals surface area contributed by atoms with Crippen LogP contribution in [0.5, 0.6) is 5.75 Å². The van der Waals surface area contributed by atoms with Crippen LogP contribution in [-0.2, 0) is 9.53 Å². The Labute approximate surface area is 145 Å². The minimum Gasteiger partial charge on any atom is -0.479 e. The lowest BCUT2D eigenvalue weighted by Crippen LogP contribution is -2.29. The fourth-order valence-electron chi connectivity index (χ4n) is 2.56. The van der Waals surface area contributed by atoms with Crippen LogP contribution < -0.4 is 10.4 Å². The molecule has 5 nitrogen and oxygen atoms in total. The molecule has 0 aliphatic rings. The minimum absolute atomic E-state index is 0.153. The third kappa shape index (κ3) is 3.50. The number of carbonyl (C=O) groups is 1. The van der Waals surface area contributed by atoms with E-state index in [1.54, 1.807) is 31.2 Å². The Kier molecular flexibility index (Phi) is 4.74. The van der Waals surface area contributed by atoms with E-state index in [2.05, 4.69) is 0 Å². The van der Waals surface area contributed by atoms with E-state index in [1.165, 1.54) is 0 Å². The van der Waals surface area contributed by atoms with Crippen molar-refractivity contribution < 1.29 is 18.7 Å². The van der Waals surface area contributed by atoms with Gasteiger partial charge in [0.2, 0.25) is 0 Å². The number of esters is 1. The average Bonchev–Trinajstić information content (AvgIpc) is 2.61. The third-order valence-electron chi connectivity index (χ3n) is 4.13. The van der Waals surface area contributed by atoms with Crippen LogP contribution in [0.15, 0.2) is 51.7 Å². The van der Waals surface area contributed by atoms with E-state index in [-0.39, 0.29) is 6.10 Å². The summed E-state index contributed by atoms with van der Waals surface area (Å²) in [6, 6.07) is 12.5. The Morgan fingerprint density at radius 3 is 2.52 bits per heavy atom.